The van der Waals surface area contributed by atoms with Crippen molar-refractivity contribution in [2.24, 2.45) is 0 Å². The number of piperazine rings is 1. The molecule has 0 aliphatic carbocycles. The van der Waals surface area contributed by atoms with Crippen LogP contribution in [0.4, 0.5) is 11.5 Å². The smallest absolute Gasteiger partial charge is 0.154 e. The average Bonchev–Trinajstić information content (AvgIpc) is 3.24. The molecule has 6 heteroatoms. The number of para-hydroxylation sites is 1. The Morgan fingerprint density at radius 2 is 1.66 bits per heavy atom. The minimum absolute atomic E-state index is 0.829. The van der Waals surface area contributed by atoms with E-state index in [1.807, 2.05) is 35.1 Å². The number of hydrogen-bond acceptors (Lipinski definition) is 5. The van der Waals surface area contributed by atoms with Crippen molar-refractivity contribution in [1.29, 1.82) is 0 Å². The van der Waals surface area contributed by atoms with Gasteiger partial charge in [0.15, 0.2) is 5.82 Å². The zero-order valence-corrected chi connectivity index (χ0v) is 16.4. The van der Waals surface area contributed by atoms with Crippen LogP contribution in [-0.2, 0) is 0 Å². The number of ether oxygens (including phenoxy) is 1. The highest BCUT2D eigenvalue weighted by Crippen LogP contribution is 2.28. The molecule has 4 aromatic rings. The Morgan fingerprint density at radius 1 is 0.862 bits per heavy atom. The number of hydrogen-bond donors (Lipinski definition) is 0. The molecule has 0 radical (unpaired) electrons. The lowest BCUT2D eigenvalue weighted by atomic mass is 10.1. The fraction of sp³-hybridized carbons (Fsp3) is 0.217. The Kier molecular flexibility index (Phi) is 4.52. The van der Waals surface area contributed by atoms with E-state index in [-0.39, 0.29) is 0 Å². The van der Waals surface area contributed by atoms with Crippen molar-refractivity contribution in [3.8, 4) is 17.0 Å². The van der Waals surface area contributed by atoms with Gasteiger partial charge < -0.3 is 14.5 Å². The van der Waals surface area contributed by atoms with Crippen LogP contribution in [-0.4, -0.2) is 47.9 Å². The van der Waals surface area contributed by atoms with Crippen molar-refractivity contribution in [3.63, 3.8) is 0 Å². The van der Waals surface area contributed by atoms with E-state index in [0.29, 0.717) is 0 Å². The third-order valence-electron chi connectivity index (χ3n) is 5.44. The summed E-state index contributed by atoms with van der Waals surface area (Å²) in [5.74, 6) is 1.82. The van der Waals surface area contributed by atoms with Gasteiger partial charge >= 0.3 is 0 Å². The Labute approximate surface area is 170 Å². The van der Waals surface area contributed by atoms with Crippen LogP contribution in [0.2, 0.25) is 0 Å². The molecule has 1 aliphatic heterocycles. The number of methoxy groups -OCH3 is 1. The lowest BCUT2D eigenvalue weighted by Gasteiger charge is -2.36. The normalized spacial score (nSPS) is 14.4. The molecular formula is C23H23N5O. The molecule has 0 spiro atoms. The second kappa shape index (κ2) is 7.47. The second-order valence-corrected chi connectivity index (χ2v) is 7.15. The SMILES string of the molecule is COc1cccc(-c2cc3c(N4CCN(c5ccccc5)CC4)nccn3n2)c1. The zero-order valence-electron chi connectivity index (χ0n) is 16.4. The molecule has 0 atom stereocenters. The first-order valence-electron chi connectivity index (χ1n) is 9.85. The van der Waals surface area contributed by atoms with E-state index in [1.165, 1.54) is 5.69 Å². The van der Waals surface area contributed by atoms with Gasteiger partial charge in [0.25, 0.3) is 0 Å². The molecular weight excluding hydrogens is 362 g/mol. The van der Waals surface area contributed by atoms with E-state index in [1.54, 1.807) is 7.11 Å². The molecule has 3 heterocycles. The molecule has 0 bridgehead atoms. The van der Waals surface area contributed by atoms with Gasteiger partial charge in [0.05, 0.1) is 12.8 Å². The van der Waals surface area contributed by atoms with Crippen LogP contribution in [0.5, 0.6) is 5.75 Å². The van der Waals surface area contributed by atoms with E-state index in [2.05, 4.69) is 52.3 Å². The highest BCUT2D eigenvalue weighted by molar-refractivity contribution is 5.76. The minimum Gasteiger partial charge on any atom is -0.497 e. The molecule has 5 rings (SSSR count). The van der Waals surface area contributed by atoms with Gasteiger partial charge in [-0.05, 0) is 30.3 Å². The zero-order chi connectivity index (χ0) is 19.6. The van der Waals surface area contributed by atoms with Crippen LogP contribution < -0.4 is 14.5 Å². The fourth-order valence-corrected chi connectivity index (χ4v) is 3.89. The van der Waals surface area contributed by atoms with Crippen LogP contribution >= 0.6 is 0 Å². The molecule has 2 aromatic carbocycles. The second-order valence-electron chi connectivity index (χ2n) is 7.15. The summed E-state index contributed by atoms with van der Waals surface area (Å²) in [5, 5.41) is 4.76. The molecule has 29 heavy (non-hydrogen) atoms. The van der Waals surface area contributed by atoms with Crippen LogP contribution in [0.3, 0.4) is 0 Å². The van der Waals surface area contributed by atoms with Gasteiger partial charge in [-0.15, -0.1) is 0 Å². The first kappa shape index (κ1) is 17.6. The summed E-state index contributed by atoms with van der Waals surface area (Å²) in [5.41, 5.74) is 4.26. The molecule has 0 unspecified atom stereocenters. The van der Waals surface area contributed by atoms with Crippen LogP contribution in [0.15, 0.2) is 73.1 Å². The van der Waals surface area contributed by atoms with Crippen LogP contribution in [0, 0.1) is 0 Å². The lowest BCUT2D eigenvalue weighted by molar-refractivity contribution is 0.415. The first-order chi connectivity index (χ1) is 14.3. The Bertz CT molecular complexity index is 1120. The van der Waals surface area contributed by atoms with Gasteiger partial charge in [0, 0.05) is 49.8 Å². The number of benzene rings is 2. The summed E-state index contributed by atoms with van der Waals surface area (Å²) in [4.78, 5) is 9.47. The topological polar surface area (TPSA) is 45.9 Å². The predicted octanol–water partition coefficient (Wildman–Crippen LogP) is 3.73. The third kappa shape index (κ3) is 3.38. The summed E-state index contributed by atoms with van der Waals surface area (Å²) in [6.45, 7) is 3.82. The number of aromatic nitrogens is 3. The number of anilines is 2. The van der Waals surface area contributed by atoms with Crippen molar-refractivity contribution in [3.05, 3.63) is 73.1 Å². The molecule has 146 valence electrons. The average molecular weight is 385 g/mol. The molecule has 0 saturated carbocycles. The largest absolute Gasteiger partial charge is 0.497 e. The number of rotatable bonds is 4. The summed E-state index contributed by atoms with van der Waals surface area (Å²) in [7, 11) is 1.68. The molecule has 0 N–H and O–H groups in total. The molecule has 6 nitrogen and oxygen atoms in total. The van der Waals surface area contributed by atoms with Gasteiger partial charge in [0.1, 0.15) is 11.3 Å². The summed E-state index contributed by atoms with van der Waals surface area (Å²) in [6.07, 6.45) is 3.73. The quantitative estimate of drug-likeness (QED) is 0.536. The Morgan fingerprint density at radius 3 is 2.45 bits per heavy atom. The van der Waals surface area contributed by atoms with Gasteiger partial charge in [-0.25, -0.2) is 9.50 Å². The van der Waals surface area contributed by atoms with Gasteiger partial charge in [-0.2, -0.15) is 5.10 Å². The highest BCUT2D eigenvalue weighted by atomic mass is 16.5. The van der Waals surface area contributed by atoms with Crippen molar-refractivity contribution in [1.82, 2.24) is 14.6 Å². The van der Waals surface area contributed by atoms with Gasteiger partial charge in [0.2, 0.25) is 0 Å². The highest BCUT2D eigenvalue weighted by Gasteiger charge is 2.21. The monoisotopic (exact) mass is 385 g/mol. The van der Waals surface area contributed by atoms with E-state index in [0.717, 1.165) is 54.5 Å². The first-order valence-corrected chi connectivity index (χ1v) is 9.85. The fourth-order valence-electron chi connectivity index (χ4n) is 3.89. The third-order valence-corrected chi connectivity index (χ3v) is 5.44. The molecule has 2 aromatic heterocycles. The van der Waals surface area contributed by atoms with Crippen molar-refractivity contribution >= 4 is 17.0 Å². The maximum atomic E-state index is 5.36. The lowest BCUT2D eigenvalue weighted by Crippen LogP contribution is -2.47. The van der Waals surface area contributed by atoms with E-state index in [4.69, 9.17) is 14.8 Å². The van der Waals surface area contributed by atoms with E-state index >= 15 is 0 Å². The molecule has 1 aliphatic rings. The molecule has 1 saturated heterocycles. The number of nitrogens with zero attached hydrogens (tertiary/aromatic N) is 5. The maximum absolute atomic E-state index is 5.36. The maximum Gasteiger partial charge on any atom is 0.154 e. The van der Waals surface area contributed by atoms with Gasteiger partial charge in [-0.1, -0.05) is 30.3 Å². The summed E-state index contributed by atoms with van der Waals surface area (Å²) >= 11 is 0. The molecule has 0 amide bonds. The minimum atomic E-state index is 0.829. The van der Waals surface area contributed by atoms with Gasteiger partial charge in [-0.3, -0.25) is 0 Å². The molecule has 1 fully saturated rings. The van der Waals surface area contributed by atoms with Crippen molar-refractivity contribution in [2.45, 2.75) is 0 Å². The standard InChI is InChI=1S/C23H23N5O/c1-29-20-9-5-6-18(16-20)21-17-22-23(24-10-11-28(22)25-21)27-14-12-26(13-15-27)19-7-3-2-4-8-19/h2-11,16-17H,12-15H2,1H3. The Hall–Kier alpha value is -3.54. The predicted molar refractivity (Wildman–Crippen MR) is 116 cm³/mol. The van der Waals surface area contributed by atoms with E-state index < -0.39 is 0 Å². The summed E-state index contributed by atoms with van der Waals surface area (Å²) in [6, 6.07) is 20.7. The Balaban J connectivity index is 1.42. The van der Waals surface area contributed by atoms with Crippen molar-refractivity contribution < 1.29 is 4.74 Å². The van der Waals surface area contributed by atoms with E-state index in [9.17, 15) is 0 Å². The number of fused-ring (bicyclic) bond motifs is 1. The van der Waals surface area contributed by atoms with Crippen LogP contribution in [0.1, 0.15) is 0 Å². The van der Waals surface area contributed by atoms with Crippen LogP contribution in [0.25, 0.3) is 16.8 Å². The summed E-state index contributed by atoms with van der Waals surface area (Å²) < 4.78 is 7.27. The van der Waals surface area contributed by atoms with Crippen molar-refractivity contribution in [2.75, 3.05) is 43.1 Å².